The summed E-state index contributed by atoms with van der Waals surface area (Å²) < 4.78 is 10.9. The molecule has 1 unspecified atom stereocenters. The molecule has 1 fully saturated rings. The number of hydrogen-bond donors (Lipinski definition) is 0. The van der Waals surface area contributed by atoms with Crippen molar-refractivity contribution in [3.63, 3.8) is 0 Å². The molecular formula is C15H16N4O3. The molecule has 0 saturated carbocycles. The van der Waals surface area contributed by atoms with Crippen LogP contribution in [0.25, 0.3) is 0 Å². The van der Waals surface area contributed by atoms with Gasteiger partial charge in [0.25, 0.3) is 17.7 Å². The highest BCUT2D eigenvalue weighted by molar-refractivity contribution is 5.94. The first-order valence-corrected chi connectivity index (χ1v) is 6.99. The number of nitrogens with zero attached hydrogens (tertiary/aromatic N) is 4. The van der Waals surface area contributed by atoms with Crippen molar-refractivity contribution in [1.29, 1.82) is 0 Å². The van der Waals surface area contributed by atoms with Crippen molar-refractivity contribution in [2.45, 2.75) is 12.5 Å². The molecule has 114 valence electrons. The van der Waals surface area contributed by atoms with E-state index in [4.69, 9.17) is 9.47 Å². The first-order chi connectivity index (χ1) is 10.8. The average molecular weight is 300 g/mol. The maximum Gasteiger partial charge on any atom is 0.278 e. The molecule has 1 aliphatic heterocycles. The molecule has 1 amide bonds. The molecule has 1 atom stereocenters. The van der Waals surface area contributed by atoms with E-state index in [-0.39, 0.29) is 12.0 Å². The van der Waals surface area contributed by atoms with Gasteiger partial charge < -0.3 is 14.4 Å². The van der Waals surface area contributed by atoms with Crippen molar-refractivity contribution in [3.05, 3.63) is 42.5 Å². The predicted molar refractivity (Wildman–Crippen MR) is 77.8 cm³/mol. The largest absolute Gasteiger partial charge is 0.477 e. The van der Waals surface area contributed by atoms with Gasteiger partial charge in [0.1, 0.15) is 6.10 Å². The zero-order chi connectivity index (χ0) is 15.4. The highest BCUT2D eigenvalue weighted by atomic mass is 16.5. The Hall–Kier alpha value is -2.70. The highest BCUT2D eigenvalue weighted by Crippen LogP contribution is 2.24. The van der Waals surface area contributed by atoms with Crippen molar-refractivity contribution < 1.29 is 14.3 Å². The minimum atomic E-state index is -0.114. The Morgan fingerprint density at radius 2 is 1.91 bits per heavy atom. The molecule has 0 radical (unpaired) electrons. The quantitative estimate of drug-likeness (QED) is 0.843. The number of likely N-dealkylation sites (tertiary alicyclic amines) is 1. The average Bonchev–Trinajstić information content (AvgIpc) is 3.04. The molecule has 7 heteroatoms. The number of carbonyl (C=O) groups excluding carboxylic acids is 1. The lowest BCUT2D eigenvalue weighted by atomic mass is 10.2. The van der Waals surface area contributed by atoms with Crippen molar-refractivity contribution in [2.75, 3.05) is 20.2 Å². The molecule has 2 aromatic heterocycles. The summed E-state index contributed by atoms with van der Waals surface area (Å²) in [5, 5.41) is 0. The van der Waals surface area contributed by atoms with Gasteiger partial charge in [-0.25, -0.2) is 9.97 Å². The van der Waals surface area contributed by atoms with Gasteiger partial charge in [0.05, 0.1) is 13.7 Å². The first-order valence-electron chi connectivity index (χ1n) is 6.99. The van der Waals surface area contributed by atoms with Gasteiger partial charge in [0.15, 0.2) is 0 Å². The van der Waals surface area contributed by atoms with Crippen LogP contribution in [-0.4, -0.2) is 52.1 Å². The fourth-order valence-corrected chi connectivity index (χ4v) is 2.38. The minimum absolute atomic E-state index is 0.0142. The van der Waals surface area contributed by atoms with Crippen molar-refractivity contribution in [2.24, 2.45) is 0 Å². The third kappa shape index (κ3) is 2.98. The van der Waals surface area contributed by atoms with E-state index in [0.717, 1.165) is 6.42 Å². The second-order valence-corrected chi connectivity index (χ2v) is 4.89. The molecule has 1 saturated heterocycles. The molecule has 0 spiro atoms. The van der Waals surface area contributed by atoms with Gasteiger partial charge in [-0.05, 0) is 12.1 Å². The number of amides is 1. The Kier molecular flexibility index (Phi) is 4.13. The van der Waals surface area contributed by atoms with Crippen molar-refractivity contribution in [1.82, 2.24) is 19.9 Å². The van der Waals surface area contributed by atoms with Crippen LogP contribution in [-0.2, 0) is 0 Å². The predicted octanol–water partition coefficient (Wildman–Crippen LogP) is 1.17. The molecule has 0 bridgehead atoms. The van der Waals surface area contributed by atoms with Crippen LogP contribution in [0.1, 0.15) is 16.8 Å². The van der Waals surface area contributed by atoms with Gasteiger partial charge in [-0.1, -0.05) is 0 Å². The summed E-state index contributed by atoms with van der Waals surface area (Å²) in [5.74, 6) is 0.689. The van der Waals surface area contributed by atoms with Crippen LogP contribution in [0.3, 0.4) is 0 Å². The lowest BCUT2D eigenvalue weighted by Crippen LogP contribution is -2.31. The Balaban J connectivity index is 1.64. The molecule has 7 nitrogen and oxygen atoms in total. The van der Waals surface area contributed by atoms with Gasteiger partial charge in [-0.3, -0.25) is 9.78 Å². The summed E-state index contributed by atoms with van der Waals surface area (Å²) in [4.78, 5) is 26.2. The highest BCUT2D eigenvalue weighted by Gasteiger charge is 2.29. The summed E-state index contributed by atoms with van der Waals surface area (Å²) >= 11 is 0. The third-order valence-electron chi connectivity index (χ3n) is 3.46. The Morgan fingerprint density at radius 3 is 2.64 bits per heavy atom. The monoisotopic (exact) mass is 300 g/mol. The number of ether oxygens (including phenoxy) is 2. The molecular weight excluding hydrogens is 284 g/mol. The smallest absolute Gasteiger partial charge is 0.278 e. The molecule has 0 aromatic carbocycles. The number of hydrogen-bond acceptors (Lipinski definition) is 6. The number of aromatic nitrogens is 3. The van der Waals surface area contributed by atoms with Gasteiger partial charge in [0, 0.05) is 43.3 Å². The first kappa shape index (κ1) is 14.2. The van der Waals surface area contributed by atoms with Gasteiger partial charge in [-0.15, -0.1) is 0 Å². The Labute approximate surface area is 127 Å². The second-order valence-electron chi connectivity index (χ2n) is 4.89. The van der Waals surface area contributed by atoms with E-state index >= 15 is 0 Å². The van der Waals surface area contributed by atoms with Crippen LogP contribution >= 0.6 is 0 Å². The van der Waals surface area contributed by atoms with Crippen LogP contribution in [0.15, 0.2) is 36.9 Å². The maximum absolute atomic E-state index is 12.4. The molecule has 22 heavy (non-hydrogen) atoms. The SMILES string of the molecule is COc1nccnc1OC1CCN(C(=O)c2ccncc2)C1. The summed E-state index contributed by atoms with van der Waals surface area (Å²) in [6, 6.07) is 3.42. The molecule has 2 aromatic rings. The topological polar surface area (TPSA) is 77.4 Å². The van der Waals surface area contributed by atoms with E-state index in [1.54, 1.807) is 41.8 Å². The minimum Gasteiger partial charge on any atom is -0.477 e. The number of methoxy groups -OCH3 is 1. The van der Waals surface area contributed by atoms with Crippen LogP contribution in [0, 0.1) is 0 Å². The number of rotatable bonds is 4. The molecule has 0 N–H and O–H groups in total. The van der Waals surface area contributed by atoms with Crippen LogP contribution in [0.2, 0.25) is 0 Å². The zero-order valence-corrected chi connectivity index (χ0v) is 12.2. The summed E-state index contributed by atoms with van der Waals surface area (Å²) in [5.41, 5.74) is 0.632. The Bertz CT molecular complexity index is 650. The van der Waals surface area contributed by atoms with E-state index < -0.39 is 0 Å². The maximum atomic E-state index is 12.4. The second kappa shape index (κ2) is 6.38. The molecule has 0 aliphatic carbocycles. The van der Waals surface area contributed by atoms with E-state index in [1.807, 2.05) is 0 Å². The van der Waals surface area contributed by atoms with Crippen LogP contribution in [0.4, 0.5) is 0 Å². The molecule has 3 rings (SSSR count). The number of pyridine rings is 1. The van der Waals surface area contributed by atoms with Crippen LogP contribution in [0.5, 0.6) is 11.8 Å². The fraction of sp³-hybridized carbons (Fsp3) is 0.333. The standard InChI is InChI=1S/C15H16N4O3/c1-21-13-14(18-8-7-17-13)22-12-4-9-19(10-12)15(20)11-2-5-16-6-3-11/h2-3,5-8,12H,4,9-10H2,1H3. The van der Waals surface area contributed by atoms with Gasteiger partial charge in [-0.2, -0.15) is 0 Å². The van der Waals surface area contributed by atoms with E-state index in [2.05, 4.69) is 15.0 Å². The summed E-state index contributed by atoms with van der Waals surface area (Å²) in [7, 11) is 1.52. The zero-order valence-electron chi connectivity index (χ0n) is 12.2. The third-order valence-corrected chi connectivity index (χ3v) is 3.46. The lowest BCUT2D eigenvalue weighted by Gasteiger charge is -2.17. The van der Waals surface area contributed by atoms with Crippen molar-refractivity contribution in [3.8, 4) is 11.8 Å². The summed E-state index contributed by atoms with van der Waals surface area (Å²) in [6.07, 6.45) is 6.95. The lowest BCUT2D eigenvalue weighted by molar-refractivity contribution is 0.0770. The van der Waals surface area contributed by atoms with Crippen molar-refractivity contribution >= 4 is 5.91 Å². The fourth-order valence-electron chi connectivity index (χ4n) is 2.38. The van der Waals surface area contributed by atoms with Gasteiger partial charge >= 0.3 is 0 Å². The van der Waals surface area contributed by atoms with Gasteiger partial charge in [0.2, 0.25) is 0 Å². The molecule has 1 aliphatic rings. The van der Waals surface area contributed by atoms with E-state index in [9.17, 15) is 4.79 Å². The number of carbonyl (C=O) groups is 1. The van der Waals surface area contributed by atoms with E-state index in [0.29, 0.717) is 30.4 Å². The molecule has 3 heterocycles. The van der Waals surface area contributed by atoms with Crippen LogP contribution < -0.4 is 9.47 Å². The Morgan fingerprint density at radius 1 is 1.18 bits per heavy atom. The normalized spacial score (nSPS) is 17.3. The summed E-state index contributed by atoms with van der Waals surface area (Å²) in [6.45, 7) is 1.16. The van der Waals surface area contributed by atoms with E-state index in [1.165, 1.54) is 7.11 Å².